The smallest absolute Gasteiger partial charge is 0.251 e. The fourth-order valence-corrected chi connectivity index (χ4v) is 3.72. The van der Waals surface area contributed by atoms with Gasteiger partial charge in [0.15, 0.2) is 0 Å². The molecule has 9 heteroatoms. The van der Waals surface area contributed by atoms with Crippen molar-refractivity contribution in [2.45, 2.75) is 37.6 Å². The first-order chi connectivity index (χ1) is 11.0. The molecule has 2 aromatic heterocycles. The molecule has 0 spiro atoms. The molecule has 1 unspecified atom stereocenters. The number of rotatable bonds is 2. The maximum absolute atomic E-state index is 12.5. The van der Waals surface area contributed by atoms with Gasteiger partial charge < -0.3 is 0 Å². The summed E-state index contributed by atoms with van der Waals surface area (Å²) in [6.07, 6.45) is 0.376. The van der Waals surface area contributed by atoms with Crippen LogP contribution in [0.2, 0.25) is 12.6 Å². The summed E-state index contributed by atoms with van der Waals surface area (Å²) in [5.41, 5.74) is -0.399. The maximum atomic E-state index is 12.5. The van der Waals surface area contributed by atoms with Crippen LogP contribution in [0, 0.1) is 11.2 Å². The molecule has 1 fully saturated rings. The lowest BCUT2D eigenvalue weighted by Crippen LogP contribution is -2.19. The van der Waals surface area contributed by atoms with Crippen molar-refractivity contribution in [3.8, 4) is 16.5 Å². The molecule has 23 heavy (non-hydrogen) atoms. The highest BCUT2D eigenvalue weighted by atomic mass is 32.1. The molecule has 118 valence electrons. The van der Waals surface area contributed by atoms with Crippen molar-refractivity contribution in [1.82, 2.24) is 15.2 Å². The van der Waals surface area contributed by atoms with Gasteiger partial charge in [0.05, 0.1) is 0 Å². The summed E-state index contributed by atoms with van der Waals surface area (Å²) in [4.78, 5) is 3.44. The Balaban J connectivity index is 1.78. The van der Waals surface area contributed by atoms with Gasteiger partial charge in [-0.2, -0.15) is 13.2 Å². The van der Waals surface area contributed by atoms with Crippen molar-refractivity contribution in [1.29, 1.82) is 5.26 Å². The first-order valence-electron chi connectivity index (χ1n) is 7.24. The molecular formula is C14H12BF3N4S. The summed E-state index contributed by atoms with van der Waals surface area (Å²) < 4.78 is 37.6. The van der Waals surface area contributed by atoms with E-state index in [1.54, 1.807) is 0 Å². The Labute approximate surface area is 135 Å². The number of nitrogens with zero attached hydrogens (tertiary/aromatic N) is 4. The monoisotopic (exact) mass is 336 g/mol. The summed E-state index contributed by atoms with van der Waals surface area (Å²) in [5.74, 6) is 2.51. The van der Waals surface area contributed by atoms with Gasteiger partial charge in [0.1, 0.15) is 15.7 Å². The van der Waals surface area contributed by atoms with Crippen LogP contribution in [-0.4, -0.2) is 21.9 Å². The lowest BCUT2D eigenvalue weighted by atomic mass is 9.41. The molecular weight excluding hydrogens is 324 g/mol. The Hall–Kier alpha value is -1.95. The van der Waals surface area contributed by atoms with Crippen LogP contribution >= 0.6 is 11.3 Å². The Bertz CT molecular complexity index is 723. The molecule has 0 aliphatic carbocycles. The molecule has 1 atom stereocenters. The second-order valence-electron chi connectivity index (χ2n) is 5.56. The van der Waals surface area contributed by atoms with Crippen LogP contribution in [-0.2, 0) is 6.18 Å². The van der Waals surface area contributed by atoms with Crippen molar-refractivity contribution in [2.75, 3.05) is 0 Å². The maximum Gasteiger partial charge on any atom is 0.433 e. The molecule has 0 radical (unpaired) electrons. The number of hydrogen-bond acceptors (Lipinski definition) is 5. The quantitative estimate of drug-likeness (QED) is 0.776. The fraction of sp³-hybridized carbons (Fsp3) is 0.429. The number of nitriles is 1. The van der Waals surface area contributed by atoms with Gasteiger partial charge >= 0.3 is 6.18 Å². The highest BCUT2D eigenvalue weighted by Gasteiger charge is 2.32. The van der Waals surface area contributed by atoms with Gasteiger partial charge in [-0.3, -0.25) is 4.98 Å². The van der Waals surface area contributed by atoms with Crippen molar-refractivity contribution >= 4 is 18.0 Å². The van der Waals surface area contributed by atoms with Crippen LogP contribution in [0.3, 0.4) is 0 Å². The lowest BCUT2D eigenvalue weighted by Gasteiger charge is -2.20. The zero-order chi connectivity index (χ0) is 16.4. The molecule has 0 aromatic carbocycles. The van der Waals surface area contributed by atoms with Crippen molar-refractivity contribution < 1.29 is 13.2 Å². The minimum atomic E-state index is -4.45. The van der Waals surface area contributed by atoms with E-state index in [1.165, 1.54) is 23.6 Å². The van der Waals surface area contributed by atoms with Gasteiger partial charge in [-0.05, 0) is 18.6 Å². The van der Waals surface area contributed by atoms with Crippen molar-refractivity contribution in [3.05, 3.63) is 29.0 Å². The Kier molecular flexibility index (Phi) is 4.35. The van der Waals surface area contributed by atoms with E-state index < -0.39 is 11.9 Å². The van der Waals surface area contributed by atoms with E-state index in [-0.39, 0.29) is 12.6 Å². The minimum Gasteiger partial charge on any atom is -0.251 e. The Morgan fingerprint density at radius 2 is 2.13 bits per heavy atom. The first kappa shape index (κ1) is 15.9. The number of halogens is 3. The highest BCUT2D eigenvalue weighted by molar-refractivity contribution is 7.14. The summed E-state index contributed by atoms with van der Waals surface area (Å²) in [7, 11) is 0. The lowest BCUT2D eigenvalue weighted by molar-refractivity contribution is -0.141. The van der Waals surface area contributed by atoms with Gasteiger partial charge in [-0.15, -0.1) is 10.2 Å². The molecule has 1 aliphatic heterocycles. The molecule has 0 saturated carbocycles. The van der Waals surface area contributed by atoms with Crippen LogP contribution < -0.4 is 0 Å². The van der Waals surface area contributed by atoms with Crippen LogP contribution in [0.4, 0.5) is 13.2 Å². The summed E-state index contributed by atoms with van der Waals surface area (Å²) in [6, 6.07) is 2.31. The zero-order valence-electron chi connectivity index (χ0n) is 12.0. The molecule has 0 amide bonds. The van der Waals surface area contributed by atoms with Gasteiger partial charge in [0.2, 0.25) is 0 Å². The topological polar surface area (TPSA) is 62.5 Å². The molecule has 3 heterocycles. The number of pyridine rings is 1. The molecule has 4 nitrogen and oxygen atoms in total. The zero-order valence-corrected chi connectivity index (χ0v) is 12.9. The largest absolute Gasteiger partial charge is 0.433 e. The molecule has 2 aromatic rings. The molecule has 1 saturated heterocycles. The molecule has 0 N–H and O–H groups in total. The van der Waals surface area contributed by atoms with Crippen molar-refractivity contribution in [2.24, 2.45) is 0 Å². The standard InChI is InChI=1S/C14H12BF3N4S/c16-14(17,18)11-4-3-10(7-20-11)13-22-21-12(23-13)9-2-1-5-15(6-9)8-19/h3-4,7,9H,1-2,5-6H2. The van der Waals surface area contributed by atoms with E-state index in [1.807, 2.05) is 0 Å². The third kappa shape index (κ3) is 3.53. The molecule has 1 aliphatic rings. The van der Waals surface area contributed by atoms with Crippen LogP contribution in [0.1, 0.15) is 29.5 Å². The second kappa shape index (κ2) is 6.28. The molecule has 3 rings (SSSR count). The van der Waals surface area contributed by atoms with Crippen LogP contribution in [0.15, 0.2) is 18.3 Å². The Morgan fingerprint density at radius 1 is 1.30 bits per heavy atom. The van der Waals surface area contributed by atoms with Gasteiger partial charge in [0.25, 0.3) is 6.71 Å². The highest BCUT2D eigenvalue weighted by Crippen LogP contribution is 2.37. The van der Waals surface area contributed by atoms with E-state index in [2.05, 4.69) is 21.1 Å². The second-order valence-corrected chi connectivity index (χ2v) is 6.57. The van der Waals surface area contributed by atoms with Gasteiger partial charge in [-0.25, -0.2) is 5.26 Å². The minimum absolute atomic E-state index is 0.0498. The predicted octanol–water partition coefficient (Wildman–Crippen LogP) is 4.05. The predicted molar refractivity (Wildman–Crippen MR) is 81.1 cm³/mol. The number of hydrogen-bond donors (Lipinski definition) is 0. The van der Waals surface area contributed by atoms with E-state index in [4.69, 9.17) is 5.26 Å². The van der Waals surface area contributed by atoms with Crippen molar-refractivity contribution in [3.63, 3.8) is 0 Å². The summed E-state index contributed by atoms with van der Waals surface area (Å²) >= 11 is 1.37. The fourth-order valence-electron chi connectivity index (χ4n) is 2.74. The van der Waals surface area contributed by atoms with E-state index in [0.29, 0.717) is 10.6 Å². The first-order valence-corrected chi connectivity index (χ1v) is 8.05. The molecule has 0 bridgehead atoms. The Morgan fingerprint density at radius 3 is 2.78 bits per heavy atom. The summed E-state index contributed by atoms with van der Waals surface area (Å²) in [6.45, 7) is 0.0498. The van der Waals surface area contributed by atoms with E-state index in [0.717, 1.165) is 36.6 Å². The van der Waals surface area contributed by atoms with Crippen LogP contribution in [0.5, 0.6) is 0 Å². The third-order valence-corrected chi connectivity index (χ3v) is 5.08. The van der Waals surface area contributed by atoms with Gasteiger partial charge in [-0.1, -0.05) is 30.4 Å². The summed E-state index contributed by atoms with van der Waals surface area (Å²) in [5, 5.41) is 18.7. The normalized spacial score (nSPS) is 18.7. The van der Waals surface area contributed by atoms with Gasteiger partial charge in [0, 0.05) is 23.6 Å². The SMILES string of the molecule is N#CB1CCCC(c2nnc(-c3ccc(C(F)(F)F)nc3)s2)C1. The van der Waals surface area contributed by atoms with Crippen LogP contribution in [0.25, 0.3) is 10.6 Å². The number of alkyl halides is 3. The average Bonchev–Trinajstić information content (AvgIpc) is 3.04. The third-order valence-electron chi connectivity index (χ3n) is 3.95. The average molecular weight is 336 g/mol. The van der Waals surface area contributed by atoms with E-state index in [9.17, 15) is 13.2 Å². The van der Waals surface area contributed by atoms with E-state index >= 15 is 0 Å². The number of aromatic nitrogens is 3.